The van der Waals surface area contributed by atoms with Crippen LogP contribution in [0, 0.1) is 20.6 Å². The Bertz CT molecular complexity index is 550. The molecule has 0 aromatic heterocycles. The second-order valence-electron chi connectivity index (χ2n) is 4.19. The van der Waals surface area contributed by atoms with Gasteiger partial charge in [-0.25, -0.2) is 0 Å². The number of halogens is 1. The largest absolute Gasteiger partial charge is 0.359 e. The van der Waals surface area contributed by atoms with Crippen LogP contribution in [0.15, 0.2) is 41.7 Å². The molecular weight excluding hydrogens is 343 g/mol. The van der Waals surface area contributed by atoms with Gasteiger partial charge in [-0.1, -0.05) is 0 Å². The van der Waals surface area contributed by atoms with Crippen molar-refractivity contribution in [3.63, 3.8) is 0 Å². The molecule has 0 fully saturated rings. The van der Waals surface area contributed by atoms with E-state index in [0.29, 0.717) is 12.8 Å². The molecule has 94 valence electrons. The van der Waals surface area contributed by atoms with Gasteiger partial charge >= 0.3 is 0 Å². The zero-order valence-electron chi connectivity index (χ0n) is 9.94. The summed E-state index contributed by atoms with van der Waals surface area (Å²) in [6.07, 6.45) is 4.53. The summed E-state index contributed by atoms with van der Waals surface area (Å²) in [5.74, 6) is 0. The van der Waals surface area contributed by atoms with Crippen LogP contribution in [0.3, 0.4) is 0 Å². The van der Waals surface area contributed by atoms with Crippen LogP contribution in [-0.2, 0) is 0 Å². The van der Waals surface area contributed by atoms with Crippen LogP contribution in [0.4, 0.5) is 5.69 Å². The third kappa shape index (κ3) is 3.10. The first-order valence-electron chi connectivity index (χ1n) is 5.63. The summed E-state index contributed by atoms with van der Waals surface area (Å²) >= 11 is 2.28. The molecule has 0 saturated carbocycles. The van der Waals surface area contributed by atoms with Gasteiger partial charge in [-0.05, 0) is 65.8 Å². The topological polar surface area (TPSA) is 55.2 Å². The second-order valence-corrected chi connectivity index (χ2v) is 5.44. The Kier molecular flexibility index (Phi) is 4.00. The molecule has 0 saturated heterocycles. The van der Waals surface area contributed by atoms with Crippen molar-refractivity contribution in [3.8, 4) is 0 Å². The van der Waals surface area contributed by atoms with Crippen LogP contribution in [0.5, 0.6) is 0 Å². The fourth-order valence-electron chi connectivity index (χ4n) is 1.82. The molecule has 1 aromatic rings. The number of hydrogen-bond acceptors (Lipinski definition) is 3. The minimum absolute atomic E-state index is 0.278. The van der Waals surface area contributed by atoms with E-state index in [1.165, 1.54) is 9.13 Å². The van der Waals surface area contributed by atoms with E-state index >= 15 is 0 Å². The fraction of sp³-hybridized carbons (Fsp3) is 0.231. The van der Waals surface area contributed by atoms with E-state index in [1.807, 2.05) is 19.1 Å². The predicted molar refractivity (Wildman–Crippen MR) is 79.9 cm³/mol. The molecule has 0 bridgehead atoms. The Balaban J connectivity index is 2.14. The number of anilines is 1. The minimum Gasteiger partial charge on any atom is -0.359 e. The highest BCUT2D eigenvalue weighted by atomic mass is 127. The van der Waals surface area contributed by atoms with Crippen LogP contribution >= 0.6 is 22.6 Å². The van der Waals surface area contributed by atoms with Crippen LogP contribution in [-0.4, -0.2) is 4.92 Å². The summed E-state index contributed by atoms with van der Waals surface area (Å²) in [5, 5.41) is 13.9. The summed E-state index contributed by atoms with van der Waals surface area (Å²) in [4.78, 5) is 10.3. The standard InChI is InChI=1S/C13H13IN2O2/c1-9-8-10(14)2-7-13(9)15-11-3-5-12(6-4-11)16(17)18/h2-3,5,7-8,15H,4,6H2,1H3. The molecule has 1 N–H and O–H groups in total. The summed E-state index contributed by atoms with van der Waals surface area (Å²) < 4.78 is 1.20. The lowest BCUT2D eigenvalue weighted by Crippen LogP contribution is -2.08. The van der Waals surface area contributed by atoms with Gasteiger partial charge in [0.2, 0.25) is 5.70 Å². The third-order valence-electron chi connectivity index (χ3n) is 2.85. The highest BCUT2D eigenvalue weighted by molar-refractivity contribution is 14.1. The van der Waals surface area contributed by atoms with Gasteiger partial charge in [0.25, 0.3) is 0 Å². The first-order chi connectivity index (χ1) is 8.56. The van der Waals surface area contributed by atoms with Gasteiger partial charge in [-0.15, -0.1) is 0 Å². The van der Waals surface area contributed by atoms with E-state index in [9.17, 15) is 10.1 Å². The maximum atomic E-state index is 10.6. The summed E-state index contributed by atoms with van der Waals surface area (Å²) in [6.45, 7) is 2.05. The molecule has 1 aliphatic carbocycles. The maximum absolute atomic E-state index is 10.6. The molecule has 2 rings (SSSR count). The van der Waals surface area contributed by atoms with E-state index < -0.39 is 0 Å². The van der Waals surface area contributed by atoms with Gasteiger partial charge in [0, 0.05) is 27.5 Å². The van der Waals surface area contributed by atoms with E-state index in [2.05, 4.69) is 34.0 Å². The van der Waals surface area contributed by atoms with E-state index in [1.54, 1.807) is 12.2 Å². The van der Waals surface area contributed by atoms with Crippen LogP contribution in [0.1, 0.15) is 18.4 Å². The number of allylic oxidation sites excluding steroid dienone is 4. The van der Waals surface area contributed by atoms with Crippen molar-refractivity contribution < 1.29 is 4.92 Å². The number of hydrogen-bond donors (Lipinski definition) is 1. The van der Waals surface area contributed by atoms with Gasteiger partial charge < -0.3 is 5.32 Å². The predicted octanol–water partition coefficient (Wildman–Crippen LogP) is 3.85. The summed E-state index contributed by atoms with van der Waals surface area (Å²) in [6, 6.07) is 6.17. The Morgan fingerprint density at radius 3 is 2.67 bits per heavy atom. The monoisotopic (exact) mass is 356 g/mol. The lowest BCUT2D eigenvalue weighted by Gasteiger charge is -2.15. The zero-order chi connectivity index (χ0) is 13.1. The number of nitro groups is 1. The average molecular weight is 356 g/mol. The highest BCUT2D eigenvalue weighted by Gasteiger charge is 2.15. The number of aryl methyl sites for hydroxylation is 1. The van der Waals surface area contributed by atoms with Gasteiger partial charge in [-0.2, -0.15) is 0 Å². The SMILES string of the molecule is Cc1cc(I)ccc1NC1=CC=C([N+](=O)[O-])CC1. The van der Waals surface area contributed by atoms with Crippen LogP contribution in [0.2, 0.25) is 0 Å². The Labute approximate surface area is 119 Å². The Morgan fingerprint density at radius 1 is 1.33 bits per heavy atom. The molecule has 5 heteroatoms. The fourth-order valence-corrected chi connectivity index (χ4v) is 2.47. The molecule has 18 heavy (non-hydrogen) atoms. The van der Waals surface area contributed by atoms with Gasteiger partial charge in [0.05, 0.1) is 4.92 Å². The first-order valence-corrected chi connectivity index (χ1v) is 6.71. The van der Waals surface area contributed by atoms with E-state index in [4.69, 9.17) is 0 Å². The van der Waals surface area contributed by atoms with Crippen molar-refractivity contribution in [1.29, 1.82) is 0 Å². The quantitative estimate of drug-likeness (QED) is 0.509. The van der Waals surface area contributed by atoms with E-state index in [-0.39, 0.29) is 10.6 Å². The van der Waals surface area contributed by atoms with Crippen molar-refractivity contribution in [2.75, 3.05) is 5.32 Å². The van der Waals surface area contributed by atoms with Crippen molar-refractivity contribution in [1.82, 2.24) is 0 Å². The average Bonchev–Trinajstić information content (AvgIpc) is 2.33. The van der Waals surface area contributed by atoms with Crippen molar-refractivity contribution in [3.05, 3.63) is 61.0 Å². The molecule has 1 aliphatic rings. The molecule has 1 aromatic carbocycles. The molecule has 0 unspecified atom stereocenters. The summed E-state index contributed by atoms with van der Waals surface area (Å²) in [5.41, 5.74) is 3.52. The van der Waals surface area contributed by atoms with Crippen molar-refractivity contribution in [2.45, 2.75) is 19.8 Å². The van der Waals surface area contributed by atoms with Crippen molar-refractivity contribution >= 4 is 28.3 Å². The number of nitrogens with zero attached hydrogens (tertiary/aromatic N) is 1. The Morgan fingerprint density at radius 2 is 2.11 bits per heavy atom. The van der Waals surface area contributed by atoms with Crippen LogP contribution < -0.4 is 5.32 Å². The smallest absolute Gasteiger partial charge is 0.246 e. The lowest BCUT2D eigenvalue weighted by molar-refractivity contribution is -0.428. The van der Waals surface area contributed by atoms with Crippen LogP contribution in [0.25, 0.3) is 0 Å². The van der Waals surface area contributed by atoms with Gasteiger partial charge in [0.1, 0.15) is 0 Å². The lowest BCUT2D eigenvalue weighted by atomic mass is 10.1. The zero-order valence-corrected chi connectivity index (χ0v) is 12.1. The number of rotatable bonds is 3. The van der Waals surface area contributed by atoms with E-state index in [0.717, 1.165) is 11.4 Å². The highest BCUT2D eigenvalue weighted by Crippen LogP contribution is 2.24. The number of benzene rings is 1. The molecule has 0 aliphatic heterocycles. The molecule has 0 spiro atoms. The molecule has 4 nitrogen and oxygen atoms in total. The third-order valence-corrected chi connectivity index (χ3v) is 3.52. The molecular formula is C13H13IN2O2. The molecule has 0 radical (unpaired) electrons. The molecule has 0 heterocycles. The van der Waals surface area contributed by atoms with Gasteiger partial charge in [-0.3, -0.25) is 10.1 Å². The number of nitrogens with one attached hydrogen (secondary N) is 1. The molecule has 0 atom stereocenters. The van der Waals surface area contributed by atoms with Crippen molar-refractivity contribution in [2.24, 2.45) is 0 Å². The second kappa shape index (κ2) is 5.51. The molecule has 0 amide bonds. The minimum atomic E-state index is -0.316. The maximum Gasteiger partial charge on any atom is 0.246 e. The normalized spacial score (nSPS) is 14.8. The Hall–Kier alpha value is -1.37. The summed E-state index contributed by atoms with van der Waals surface area (Å²) in [7, 11) is 0. The first kappa shape index (κ1) is 13.1. The van der Waals surface area contributed by atoms with Gasteiger partial charge in [0.15, 0.2) is 0 Å².